The van der Waals surface area contributed by atoms with Crippen molar-refractivity contribution in [1.82, 2.24) is 0 Å². The Morgan fingerprint density at radius 1 is 2.00 bits per heavy atom. The number of primary amides is 1. The molecule has 3 heteroatoms. The molecule has 0 saturated heterocycles. The fraction of sp³-hybridized carbons (Fsp3) is 0.400. The van der Waals surface area contributed by atoms with E-state index in [2.05, 4.69) is 18.7 Å². The van der Waals surface area contributed by atoms with Gasteiger partial charge in [0.25, 0.3) is 0 Å². The van der Waals surface area contributed by atoms with E-state index in [1.807, 2.05) is 0 Å². The van der Waals surface area contributed by atoms with Crippen LogP contribution in [-0.2, 0) is 0 Å². The molecule has 1 amide bonds. The van der Waals surface area contributed by atoms with E-state index in [1.165, 1.54) is 6.42 Å². The molecule has 1 aliphatic carbocycles. The average molecular weight is 115 g/mol. The number of hydrogen-bond donors (Lipinski definition) is 2. The molecule has 3 nitrogen and oxygen atoms in total. The molecule has 0 atom stereocenters. The zero-order valence-electron chi connectivity index (χ0n) is 4.72. The van der Waals surface area contributed by atoms with E-state index in [9.17, 15) is 0 Å². The lowest BCUT2D eigenvalue weighted by molar-refractivity contribution is 0.205. The van der Waals surface area contributed by atoms with E-state index in [-0.39, 0.29) is 0 Å². The number of amides is 1. The smallest absolute Gasteiger partial charge is 0.402 e. The first-order valence-electron chi connectivity index (χ1n) is 2.27. The Labute approximate surface area is 47.8 Å². The summed E-state index contributed by atoms with van der Waals surface area (Å²) < 4.78 is 0. The summed E-state index contributed by atoms with van der Waals surface area (Å²) in [5.74, 6) is 0. The van der Waals surface area contributed by atoms with Crippen molar-refractivity contribution < 1.29 is 9.90 Å². The summed E-state index contributed by atoms with van der Waals surface area (Å²) in [6.07, 6.45) is 2.15. The maximum atomic E-state index is 8.78. The maximum Gasteiger partial charge on any atom is 0.402 e. The van der Waals surface area contributed by atoms with Crippen LogP contribution in [0.5, 0.6) is 0 Å². The molecule has 1 aliphatic rings. The molecule has 0 aromatic heterocycles. The SMILES string of the molecule is CC1=CC1.NC(=O)O. The van der Waals surface area contributed by atoms with Crippen molar-refractivity contribution in [1.29, 1.82) is 0 Å². The van der Waals surface area contributed by atoms with Gasteiger partial charge in [-0.2, -0.15) is 0 Å². The Morgan fingerprint density at radius 3 is 2.12 bits per heavy atom. The zero-order valence-corrected chi connectivity index (χ0v) is 4.72. The van der Waals surface area contributed by atoms with Gasteiger partial charge in [-0.25, -0.2) is 4.79 Å². The van der Waals surface area contributed by atoms with E-state index >= 15 is 0 Å². The first-order valence-corrected chi connectivity index (χ1v) is 2.27. The van der Waals surface area contributed by atoms with Gasteiger partial charge in [0.2, 0.25) is 0 Å². The molecule has 0 bridgehead atoms. The van der Waals surface area contributed by atoms with Gasteiger partial charge in [0.05, 0.1) is 0 Å². The quantitative estimate of drug-likeness (QED) is 0.462. The number of nitrogens with two attached hydrogens (primary N) is 1. The molecule has 0 spiro atoms. The Kier molecular flexibility index (Phi) is 2.69. The average Bonchev–Trinajstić information content (AvgIpc) is 2.19. The van der Waals surface area contributed by atoms with Gasteiger partial charge in [0.15, 0.2) is 0 Å². The second-order valence-corrected chi connectivity index (χ2v) is 1.59. The minimum atomic E-state index is -1.33. The second-order valence-electron chi connectivity index (χ2n) is 1.59. The molecule has 0 heterocycles. The van der Waals surface area contributed by atoms with Crippen LogP contribution in [0.2, 0.25) is 0 Å². The highest BCUT2D eigenvalue weighted by molar-refractivity contribution is 5.61. The van der Waals surface area contributed by atoms with Gasteiger partial charge in [0.1, 0.15) is 0 Å². The number of rotatable bonds is 0. The highest BCUT2D eigenvalue weighted by Gasteiger charge is 1.94. The molecule has 1 rings (SSSR count). The maximum absolute atomic E-state index is 8.78. The molecule has 46 valence electrons. The second kappa shape index (κ2) is 3.07. The van der Waals surface area contributed by atoms with Crippen LogP contribution in [0.25, 0.3) is 0 Å². The first kappa shape index (κ1) is 7.01. The minimum absolute atomic E-state index is 1.28. The van der Waals surface area contributed by atoms with Gasteiger partial charge in [-0.05, 0) is 13.3 Å². The molecule has 0 aromatic rings. The molecule has 0 aliphatic heterocycles. The molecular weight excluding hydrogens is 106 g/mol. The lowest BCUT2D eigenvalue weighted by Crippen LogP contribution is -2.03. The Balaban J connectivity index is 0.000000122. The number of carboxylic acid groups (broad SMARTS) is 1. The van der Waals surface area contributed by atoms with Crippen molar-refractivity contribution in [2.24, 2.45) is 5.73 Å². The number of carbonyl (C=O) groups is 1. The van der Waals surface area contributed by atoms with E-state index in [1.54, 1.807) is 5.57 Å². The van der Waals surface area contributed by atoms with Gasteiger partial charge in [0, 0.05) is 0 Å². The van der Waals surface area contributed by atoms with Crippen molar-refractivity contribution >= 4 is 6.09 Å². The lowest BCUT2D eigenvalue weighted by atomic mass is 10.6. The number of hydrogen-bond acceptors (Lipinski definition) is 1. The summed E-state index contributed by atoms with van der Waals surface area (Å²) in [6.45, 7) is 2.14. The van der Waals surface area contributed by atoms with Crippen LogP contribution >= 0.6 is 0 Å². The summed E-state index contributed by atoms with van der Waals surface area (Å²) in [5.41, 5.74) is 5.57. The summed E-state index contributed by atoms with van der Waals surface area (Å²) in [5, 5.41) is 7.19. The molecule has 0 radical (unpaired) electrons. The molecule has 0 fully saturated rings. The van der Waals surface area contributed by atoms with E-state index in [0.29, 0.717) is 0 Å². The fourth-order valence-corrected chi connectivity index (χ4v) is 0.102. The molecule has 0 unspecified atom stereocenters. The van der Waals surface area contributed by atoms with E-state index < -0.39 is 6.09 Å². The van der Waals surface area contributed by atoms with Crippen LogP contribution in [0.15, 0.2) is 11.6 Å². The van der Waals surface area contributed by atoms with Crippen LogP contribution in [-0.4, -0.2) is 11.2 Å². The van der Waals surface area contributed by atoms with Gasteiger partial charge in [-0.15, -0.1) is 0 Å². The monoisotopic (exact) mass is 115 g/mol. The van der Waals surface area contributed by atoms with E-state index in [4.69, 9.17) is 9.90 Å². The van der Waals surface area contributed by atoms with Gasteiger partial charge >= 0.3 is 6.09 Å². The summed E-state index contributed by atoms with van der Waals surface area (Å²) >= 11 is 0. The van der Waals surface area contributed by atoms with Crippen molar-refractivity contribution in [3.05, 3.63) is 11.6 Å². The Hall–Kier alpha value is -0.990. The van der Waals surface area contributed by atoms with Crippen LogP contribution in [0.3, 0.4) is 0 Å². The van der Waals surface area contributed by atoms with Crippen molar-refractivity contribution in [2.75, 3.05) is 0 Å². The van der Waals surface area contributed by atoms with E-state index in [0.717, 1.165) is 0 Å². The van der Waals surface area contributed by atoms with Crippen LogP contribution < -0.4 is 5.73 Å². The van der Waals surface area contributed by atoms with Crippen molar-refractivity contribution in [2.45, 2.75) is 13.3 Å². The normalized spacial score (nSPS) is 12.9. The van der Waals surface area contributed by atoms with Crippen molar-refractivity contribution in [3.8, 4) is 0 Å². The highest BCUT2D eigenvalue weighted by Crippen LogP contribution is 2.14. The molecule has 0 aromatic carbocycles. The summed E-state index contributed by atoms with van der Waals surface area (Å²) in [7, 11) is 0. The van der Waals surface area contributed by atoms with Crippen LogP contribution in [0.1, 0.15) is 13.3 Å². The molecule has 3 N–H and O–H groups in total. The minimum Gasteiger partial charge on any atom is -0.465 e. The Morgan fingerprint density at radius 2 is 2.12 bits per heavy atom. The topological polar surface area (TPSA) is 63.3 Å². The first-order chi connectivity index (χ1) is 3.63. The number of allylic oxidation sites excluding steroid dienone is 2. The van der Waals surface area contributed by atoms with Gasteiger partial charge in [-0.3, -0.25) is 0 Å². The molecule has 8 heavy (non-hydrogen) atoms. The summed E-state index contributed by atoms with van der Waals surface area (Å²) in [6, 6.07) is 0. The molecular formula is C5H9NO2. The Bertz CT molecular complexity index is 114. The van der Waals surface area contributed by atoms with Crippen LogP contribution in [0.4, 0.5) is 4.79 Å². The molecule has 0 saturated carbocycles. The largest absolute Gasteiger partial charge is 0.465 e. The van der Waals surface area contributed by atoms with Gasteiger partial charge < -0.3 is 10.8 Å². The van der Waals surface area contributed by atoms with Crippen LogP contribution in [0, 0.1) is 0 Å². The third kappa shape index (κ3) is 19.9. The third-order valence-corrected chi connectivity index (χ3v) is 0.612. The fourth-order valence-electron chi connectivity index (χ4n) is 0.102. The standard InChI is InChI=1S/C4H6.CH3NO2/c1-4-2-3-4;2-1(3)4/h2H,3H2,1H3;2H2,(H,3,4). The summed E-state index contributed by atoms with van der Waals surface area (Å²) in [4.78, 5) is 8.78. The predicted octanol–water partition coefficient (Wildman–Crippen LogP) is 0.960. The third-order valence-electron chi connectivity index (χ3n) is 0.612. The zero-order chi connectivity index (χ0) is 6.57. The van der Waals surface area contributed by atoms with Gasteiger partial charge in [-0.1, -0.05) is 11.6 Å². The van der Waals surface area contributed by atoms with Crippen molar-refractivity contribution in [3.63, 3.8) is 0 Å². The highest BCUT2D eigenvalue weighted by atomic mass is 16.4. The lowest BCUT2D eigenvalue weighted by Gasteiger charge is -1.61. The predicted molar refractivity (Wildman–Crippen MR) is 30.6 cm³/mol.